The molecule has 4 aromatic heterocycles. The molecule has 0 radical (unpaired) electrons. The van der Waals surface area contributed by atoms with E-state index in [1.807, 2.05) is 42.3 Å². The minimum Gasteiger partial charge on any atom is -0.382 e. The van der Waals surface area contributed by atoms with Crippen molar-refractivity contribution >= 4 is 5.65 Å². The molecule has 0 saturated carbocycles. The van der Waals surface area contributed by atoms with Gasteiger partial charge < -0.3 is 4.74 Å². The Bertz CT molecular complexity index is 1040. The molecule has 0 saturated heterocycles. The van der Waals surface area contributed by atoms with E-state index in [-0.39, 0.29) is 6.04 Å². The number of aromatic nitrogens is 6. The monoisotopic (exact) mass is 348 g/mol. The number of ether oxygens (including phenoxy) is 1. The zero-order chi connectivity index (χ0) is 18.1. The van der Waals surface area contributed by atoms with Gasteiger partial charge in [0.05, 0.1) is 30.2 Å². The minimum absolute atomic E-state index is 0.169. The van der Waals surface area contributed by atoms with Gasteiger partial charge in [-0.05, 0) is 26.0 Å². The molecule has 1 atom stereocenters. The molecule has 0 aliphatic heterocycles. The number of fused-ring (bicyclic) bond motifs is 1. The molecule has 0 bridgehead atoms. The lowest BCUT2D eigenvalue weighted by Crippen LogP contribution is -2.11. The van der Waals surface area contributed by atoms with Gasteiger partial charge in [0, 0.05) is 49.2 Å². The van der Waals surface area contributed by atoms with Crippen LogP contribution >= 0.6 is 0 Å². The van der Waals surface area contributed by atoms with Crippen LogP contribution in [0.1, 0.15) is 18.7 Å². The van der Waals surface area contributed by atoms with Crippen LogP contribution in [0.15, 0.2) is 49.3 Å². The normalized spacial score (nSPS) is 12.6. The number of pyridine rings is 1. The van der Waals surface area contributed by atoms with Crippen molar-refractivity contribution in [3.8, 4) is 22.5 Å². The van der Waals surface area contributed by atoms with Gasteiger partial charge in [-0.25, -0.2) is 4.98 Å². The SMILES string of the molecule is COC[C@@H](C)n1cc(-c2c(C)nc3c(-c4ccncc4)nccn23)cn1. The Labute approximate surface area is 151 Å². The molecular weight excluding hydrogens is 328 g/mol. The Morgan fingerprint density at radius 1 is 1.15 bits per heavy atom. The summed E-state index contributed by atoms with van der Waals surface area (Å²) in [7, 11) is 1.70. The number of methoxy groups -OCH3 is 1. The van der Waals surface area contributed by atoms with Crippen LogP contribution in [0.2, 0.25) is 0 Å². The first-order valence-corrected chi connectivity index (χ1v) is 8.46. The van der Waals surface area contributed by atoms with Crippen molar-refractivity contribution < 1.29 is 4.74 Å². The second kappa shape index (κ2) is 6.68. The van der Waals surface area contributed by atoms with E-state index in [1.165, 1.54) is 0 Å². The molecule has 0 spiro atoms. The topological polar surface area (TPSA) is 70.1 Å². The van der Waals surface area contributed by atoms with Crippen LogP contribution in [0.25, 0.3) is 28.2 Å². The molecule has 4 aromatic rings. The van der Waals surface area contributed by atoms with Crippen molar-refractivity contribution in [3.63, 3.8) is 0 Å². The number of rotatable bonds is 5. The zero-order valence-corrected chi connectivity index (χ0v) is 15.0. The van der Waals surface area contributed by atoms with E-state index < -0.39 is 0 Å². The second-order valence-corrected chi connectivity index (χ2v) is 6.26. The van der Waals surface area contributed by atoms with Gasteiger partial charge in [-0.15, -0.1) is 0 Å². The summed E-state index contributed by atoms with van der Waals surface area (Å²) in [6.07, 6.45) is 11.2. The van der Waals surface area contributed by atoms with Crippen LogP contribution < -0.4 is 0 Å². The molecule has 132 valence electrons. The maximum absolute atomic E-state index is 5.22. The Hall–Kier alpha value is -3.06. The van der Waals surface area contributed by atoms with Crippen LogP contribution in [0.3, 0.4) is 0 Å². The standard InChI is InChI=1S/C19H20N6O/c1-13(12-26-3)25-11-16(10-22-25)18-14(2)23-19-17(21-8-9-24(18)19)15-4-6-20-7-5-15/h4-11,13H,12H2,1-3H3/t13-/m1/s1. The predicted octanol–water partition coefficient (Wildman–Crippen LogP) is 3.17. The molecule has 7 nitrogen and oxygen atoms in total. The Kier molecular flexibility index (Phi) is 4.22. The molecule has 0 N–H and O–H groups in total. The van der Waals surface area contributed by atoms with Gasteiger partial charge >= 0.3 is 0 Å². The highest BCUT2D eigenvalue weighted by atomic mass is 16.5. The van der Waals surface area contributed by atoms with Crippen molar-refractivity contribution in [3.05, 3.63) is 55.0 Å². The highest BCUT2D eigenvalue weighted by Gasteiger charge is 2.17. The van der Waals surface area contributed by atoms with E-state index >= 15 is 0 Å². The summed E-state index contributed by atoms with van der Waals surface area (Å²) in [5.74, 6) is 0. The average Bonchev–Trinajstić information content (AvgIpc) is 3.26. The van der Waals surface area contributed by atoms with Crippen molar-refractivity contribution in [2.75, 3.05) is 13.7 Å². The maximum Gasteiger partial charge on any atom is 0.164 e. The van der Waals surface area contributed by atoms with Gasteiger partial charge in [0.15, 0.2) is 5.65 Å². The minimum atomic E-state index is 0.169. The average molecular weight is 348 g/mol. The summed E-state index contributed by atoms with van der Waals surface area (Å²) in [4.78, 5) is 13.4. The Morgan fingerprint density at radius 2 is 1.96 bits per heavy atom. The lowest BCUT2D eigenvalue weighted by Gasteiger charge is -2.10. The second-order valence-electron chi connectivity index (χ2n) is 6.26. The molecule has 7 heteroatoms. The van der Waals surface area contributed by atoms with Crippen molar-refractivity contribution in [2.24, 2.45) is 0 Å². The number of nitrogens with zero attached hydrogens (tertiary/aromatic N) is 6. The first-order valence-electron chi connectivity index (χ1n) is 8.46. The molecule has 4 rings (SSSR count). The molecule has 0 unspecified atom stereocenters. The quantitative estimate of drug-likeness (QED) is 0.554. The fourth-order valence-corrected chi connectivity index (χ4v) is 3.17. The Balaban J connectivity index is 1.84. The first-order chi connectivity index (χ1) is 12.7. The molecule has 0 aliphatic rings. The van der Waals surface area contributed by atoms with Crippen molar-refractivity contribution in [2.45, 2.75) is 19.9 Å². The highest BCUT2D eigenvalue weighted by molar-refractivity contribution is 5.77. The summed E-state index contributed by atoms with van der Waals surface area (Å²) in [6, 6.07) is 4.05. The summed E-state index contributed by atoms with van der Waals surface area (Å²) in [5.41, 5.74) is 5.63. The lowest BCUT2D eigenvalue weighted by molar-refractivity contribution is 0.157. The van der Waals surface area contributed by atoms with E-state index in [0.717, 1.165) is 33.9 Å². The molecular formula is C19H20N6O. The van der Waals surface area contributed by atoms with E-state index in [2.05, 4.69) is 26.4 Å². The molecule has 4 heterocycles. The summed E-state index contributed by atoms with van der Waals surface area (Å²) < 4.78 is 9.21. The third-order valence-corrected chi connectivity index (χ3v) is 4.40. The van der Waals surface area contributed by atoms with Crippen molar-refractivity contribution in [1.29, 1.82) is 0 Å². The largest absolute Gasteiger partial charge is 0.382 e. The molecule has 0 fully saturated rings. The van der Waals surface area contributed by atoms with Gasteiger partial charge in [-0.1, -0.05) is 0 Å². The van der Waals surface area contributed by atoms with E-state index in [4.69, 9.17) is 9.72 Å². The fraction of sp³-hybridized carbons (Fsp3) is 0.263. The molecule has 0 amide bonds. The van der Waals surface area contributed by atoms with Gasteiger partial charge in [0.1, 0.15) is 5.69 Å². The van der Waals surface area contributed by atoms with E-state index in [0.29, 0.717) is 6.61 Å². The van der Waals surface area contributed by atoms with E-state index in [1.54, 1.807) is 25.7 Å². The van der Waals surface area contributed by atoms with Crippen LogP contribution in [-0.4, -0.2) is 42.8 Å². The van der Waals surface area contributed by atoms with Gasteiger partial charge in [0.2, 0.25) is 0 Å². The van der Waals surface area contributed by atoms with Gasteiger partial charge in [-0.2, -0.15) is 5.10 Å². The van der Waals surface area contributed by atoms with Crippen LogP contribution in [-0.2, 0) is 4.74 Å². The predicted molar refractivity (Wildman–Crippen MR) is 98.8 cm³/mol. The Morgan fingerprint density at radius 3 is 2.73 bits per heavy atom. The third-order valence-electron chi connectivity index (χ3n) is 4.40. The lowest BCUT2D eigenvalue weighted by atomic mass is 10.2. The van der Waals surface area contributed by atoms with Gasteiger partial charge in [-0.3, -0.25) is 19.1 Å². The fourth-order valence-electron chi connectivity index (χ4n) is 3.17. The molecule has 26 heavy (non-hydrogen) atoms. The summed E-state index contributed by atoms with van der Waals surface area (Å²) in [6.45, 7) is 4.70. The van der Waals surface area contributed by atoms with Gasteiger partial charge in [0.25, 0.3) is 0 Å². The number of imidazole rings is 1. The third kappa shape index (κ3) is 2.76. The number of hydrogen-bond acceptors (Lipinski definition) is 5. The first kappa shape index (κ1) is 16.4. The van der Waals surface area contributed by atoms with E-state index in [9.17, 15) is 0 Å². The van der Waals surface area contributed by atoms with Crippen LogP contribution in [0.4, 0.5) is 0 Å². The molecule has 0 aliphatic carbocycles. The van der Waals surface area contributed by atoms with Crippen molar-refractivity contribution in [1.82, 2.24) is 29.1 Å². The number of hydrogen-bond donors (Lipinski definition) is 0. The highest BCUT2D eigenvalue weighted by Crippen LogP contribution is 2.29. The zero-order valence-electron chi connectivity index (χ0n) is 15.0. The van der Waals surface area contributed by atoms with Crippen LogP contribution in [0.5, 0.6) is 0 Å². The number of aryl methyl sites for hydroxylation is 1. The van der Waals surface area contributed by atoms with Crippen LogP contribution in [0, 0.1) is 6.92 Å². The summed E-state index contributed by atoms with van der Waals surface area (Å²) >= 11 is 0. The summed E-state index contributed by atoms with van der Waals surface area (Å²) in [5, 5.41) is 4.49. The molecule has 0 aromatic carbocycles. The smallest absolute Gasteiger partial charge is 0.164 e. The maximum atomic E-state index is 5.22.